The number of ether oxygens (including phenoxy) is 1. The lowest BCUT2D eigenvalue weighted by Gasteiger charge is -2.11. The predicted molar refractivity (Wildman–Crippen MR) is 128 cm³/mol. The molecule has 0 fully saturated rings. The number of benzene rings is 2. The molecule has 0 unspecified atom stereocenters. The molecule has 0 saturated heterocycles. The number of aromatic carboxylic acids is 1. The van der Waals surface area contributed by atoms with Gasteiger partial charge >= 0.3 is 5.97 Å². The first kappa shape index (κ1) is 22.8. The molecule has 3 N–H and O–H groups in total. The van der Waals surface area contributed by atoms with Gasteiger partial charge in [-0.3, -0.25) is 10.1 Å². The fraction of sp³-hybridized carbons (Fsp3) is 0.0556. The van der Waals surface area contributed by atoms with Crippen LogP contribution in [0.5, 0.6) is 5.75 Å². The van der Waals surface area contributed by atoms with Gasteiger partial charge in [-0.1, -0.05) is 15.9 Å². The largest absolute Gasteiger partial charge is 0.495 e. The Morgan fingerprint density at radius 1 is 1.25 bits per heavy atom. The zero-order valence-corrected chi connectivity index (χ0v) is 20.4. The van der Waals surface area contributed by atoms with E-state index in [1.165, 1.54) is 19.3 Å². The molecule has 10 heteroatoms. The Morgan fingerprint density at radius 2 is 1.96 bits per heavy atom. The molecule has 0 saturated carbocycles. The zero-order valence-electron chi connectivity index (χ0n) is 14.3. The highest BCUT2D eigenvalue weighted by atomic mass is 127. The normalized spacial score (nSPS) is 10.6. The van der Waals surface area contributed by atoms with Crippen molar-refractivity contribution in [2.75, 3.05) is 12.4 Å². The number of nitrogens with one attached hydrogen (secondary N) is 2. The third kappa shape index (κ3) is 6.26. The van der Waals surface area contributed by atoms with E-state index in [9.17, 15) is 14.7 Å². The van der Waals surface area contributed by atoms with Crippen molar-refractivity contribution in [3.8, 4) is 5.75 Å². The van der Waals surface area contributed by atoms with Gasteiger partial charge in [0.25, 0.3) is 0 Å². The summed E-state index contributed by atoms with van der Waals surface area (Å²) in [6.07, 6.45) is 2.89. The van der Waals surface area contributed by atoms with Crippen molar-refractivity contribution in [2.24, 2.45) is 0 Å². The smallest absolute Gasteiger partial charge is 0.337 e. The Bertz CT molecular complexity index is 982. The van der Waals surface area contributed by atoms with E-state index in [0.717, 1.165) is 12.5 Å². The number of amides is 1. The number of carbonyl (C=O) groups is 2. The molecule has 0 atom stereocenters. The second-order valence-electron chi connectivity index (χ2n) is 5.28. The van der Waals surface area contributed by atoms with Crippen LogP contribution in [0.1, 0.15) is 15.9 Å². The molecular weight excluding hydrogens is 627 g/mol. The van der Waals surface area contributed by atoms with Crippen LogP contribution < -0.4 is 15.4 Å². The number of rotatable bonds is 5. The number of halogens is 3. The highest BCUT2D eigenvalue weighted by Gasteiger charge is 2.13. The number of carboxylic acid groups (broad SMARTS) is 1. The van der Waals surface area contributed by atoms with E-state index < -0.39 is 11.9 Å². The van der Waals surface area contributed by atoms with E-state index in [1.807, 2.05) is 28.7 Å². The van der Waals surface area contributed by atoms with Gasteiger partial charge in [-0.05, 0) is 87.1 Å². The number of thiocarbonyl (C=S) groups is 1. The number of hydrogen-bond acceptors (Lipinski definition) is 4. The first-order chi connectivity index (χ1) is 13.2. The van der Waals surface area contributed by atoms with Gasteiger partial charge in [0.1, 0.15) is 5.75 Å². The van der Waals surface area contributed by atoms with E-state index >= 15 is 0 Å². The van der Waals surface area contributed by atoms with Crippen molar-refractivity contribution in [2.45, 2.75) is 0 Å². The molecule has 0 aliphatic rings. The fourth-order valence-electron chi connectivity index (χ4n) is 2.19. The summed E-state index contributed by atoms with van der Waals surface area (Å²) >= 11 is 13.9. The van der Waals surface area contributed by atoms with E-state index in [0.29, 0.717) is 17.0 Å². The van der Waals surface area contributed by atoms with Crippen molar-refractivity contribution >= 4 is 95.4 Å². The molecule has 0 heterocycles. The summed E-state index contributed by atoms with van der Waals surface area (Å²) in [6, 6.07) is 8.46. The van der Waals surface area contributed by atoms with Crippen molar-refractivity contribution in [1.82, 2.24) is 5.32 Å². The quantitative estimate of drug-likeness (QED) is 0.241. The SMILES string of the molecule is COc1c(Br)cc(Br)cc1/C=C/C(=O)NC(=S)Nc1ccc(I)cc1C(=O)O. The molecule has 0 bridgehead atoms. The van der Waals surface area contributed by atoms with Gasteiger partial charge in [0, 0.05) is 19.7 Å². The predicted octanol–water partition coefficient (Wildman–Crippen LogP) is 5.05. The summed E-state index contributed by atoms with van der Waals surface area (Å²) in [7, 11) is 1.53. The van der Waals surface area contributed by atoms with Gasteiger partial charge in [0.05, 0.1) is 22.8 Å². The third-order valence-corrected chi connectivity index (χ3v) is 5.27. The van der Waals surface area contributed by atoms with Crippen LogP contribution in [0.4, 0.5) is 5.69 Å². The van der Waals surface area contributed by atoms with E-state index in [1.54, 1.807) is 24.3 Å². The third-order valence-electron chi connectivity index (χ3n) is 3.35. The van der Waals surface area contributed by atoms with Crippen LogP contribution in [-0.2, 0) is 4.79 Å². The lowest BCUT2D eigenvalue weighted by Crippen LogP contribution is -2.33. The molecule has 0 aliphatic heterocycles. The molecule has 1 amide bonds. The molecule has 2 aromatic carbocycles. The topological polar surface area (TPSA) is 87.7 Å². The summed E-state index contributed by atoms with van der Waals surface area (Å²) < 4.78 is 7.65. The van der Waals surface area contributed by atoms with E-state index in [2.05, 4.69) is 42.5 Å². The number of methoxy groups -OCH3 is 1. The Labute approximate surface area is 197 Å². The number of hydrogen-bond donors (Lipinski definition) is 3. The summed E-state index contributed by atoms with van der Waals surface area (Å²) in [5, 5.41) is 14.5. The van der Waals surface area contributed by atoms with Crippen molar-refractivity contribution < 1.29 is 19.4 Å². The maximum Gasteiger partial charge on any atom is 0.337 e. The van der Waals surface area contributed by atoms with Crippen LogP contribution in [-0.4, -0.2) is 29.2 Å². The zero-order chi connectivity index (χ0) is 20.8. The lowest BCUT2D eigenvalue weighted by atomic mass is 10.2. The minimum absolute atomic E-state index is 0.0132. The van der Waals surface area contributed by atoms with Gasteiger partial charge in [0.2, 0.25) is 5.91 Å². The summed E-state index contributed by atoms with van der Waals surface area (Å²) in [5.74, 6) is -0.988. The highest BCUT2D eigenvalue weighted by molar-refractivity contribution is 14.1. The lowest BCUT2D eigenvalue weighted by molar-refractivity contribution is -0.115. The molecule has 2 rings (SSSR count). The number of carbonyl (C=O) groups excluding carboxylic acids is 1. The summed E-state index contributed by atoms with van der Waals surface area (Å²) in [6.45, 7) is 0. The standard InChI is InChI=1S/C18H13Br2IN2O4S/c1-27-16-9(6-10(19)7-13(16)20)2-5-15(24)23-18(28)22-14-4-3-11(21)8-12(14)17(25)26/h2-8H,1H3,(H,25,26)(H2,22,23,24,28)/b5-2+. The van der Waals surface area contributed by atoms with Gasteiger partial charge in [-0.15, -0.1) is 0 Å². The van der Waals surface area contributed by atoms with Crippen LogP contribution in [0.15, 0.2) is 45.4 Å². The maximum absolute atomic E-state index is 12.2. The molecule has 0 radical (unpaired) electrons. The minimum Gasteiger partial charge on any atom is -0.495 e. The molecular formula is C18H13Br2IN2O4S. The Morgan fingerprint density at radius 3 is 2.61 bits per heavy atom. The second-order valence-corrected chi connectivity index (χ2v) is 8.71. The maximum atomic E-state index is 12.2. The highest BCUT2D eigenvalue weighted by Crippen LogP contribution is 2.33. The van der Waals surface area contributed by atoms with Gasteiger partial charge < -0.3 is 15.2 Å². The van der Waals surface area contributed by atoms with Crippen molar-refractivity contribution in [1.29, 1.82) is 0 Å². The first-order valence-corrected chi connectivity index (χ1v) is 10.6. The minimum atomic E-state index is -1.10. The fourth-order valence-corrected chi connectivity index (χ4v) is 4.32. The average Bonchev–Trinajstić information content (AvgIpc) is 2.60. The van der Waals surface area contributed by atoms with Gasteiger partial charge in [0.15, 0.2) is 5.11 Å². The first-order valence-electron chi connectivity index (χ1n) is 7.57. The molecule has 0 aromatic heterocycles. The number of anilines is 1. The van der Waals surface area contributed by atoms with Gasteiger partial charge in [-0.2, -0.15) is 0 Å². The van der Waals surface area contributed by atoms with Crippen LogP contribution in [0.2, 0.25) is 0 Å². The number of carboxylic acids is 1. The van der Waals surface area contributed by atoms with E-state index in [4.69, 9.17) is 17.0 Å². The Kier molecular flexibility index (Phi) is 8.40. The molecule has 146 valence electrons. The molecule has 0 spiro atoms. The monoisotopic (exact) mass is 638 g/mol. The van der Waals surface area contributed by atoms with Gasteiger partial charge in [-0.25, -0.2) is 4.79 Å². The molecule has 28 heavy (non-hydrogen) atoms. The van der Waals surface area contributed by atoms with Crippen molar-refractivity contribution in [3.05, 3.63) is 60.1 Å². The van der Waals surface area contributed by atoms with Crippen LogP contribution in [0.3, 0.4) is 0 Å². The molecule has 2 aromatic rings. The van der Waals surface area contributed by atoms with Crippen LogP contribution in [0, 0.1) is 3.57 Å². The summed E-state index contributed by atoms with van der Waals surface area (Å²) in [5.41, 5.74) is 1.03. The average molecular weight is 640 g/mol. The summed E-state index contributed by atoms with van der Waals surface area (Å²) in [4.78, 5) is 23.5. The van der Waals surface area contributed by atoms with Crippen LogP contribution >= 0.6 is 66.7 Å². The second kappa shape index (κ2) is 10.3. The molecule has 6 nitrogen and oxygen atoms in total. The Balaban J connectivity index is 2.09. The van der Waals surface area contributed by atoms with Crippen LogP contribution in [0.25, 0.3) is 6.08 Å². The van der Waals surface area contributed by atoms with E-state index in [-0.39, 0.29) is 10.7 Å². The Hall–Kier alpha value is -1.50. The van der Waals surface area contributed by atoms with Crippen molar-refractivity contribution in [3.63, 3.8) is 0 Å². The molecule has 0 aliphatic carbocycles.